The van der Waals surface area contributed by atoms with Crippen LogP contribution in [0, 0.1) is 0 Å². The fourth-order valence-electron chi connectivity index (χ4n) is 3.60. The number of hydrogen-bond acceptors (Lipinski definition) is 6. The van der Waals surface area contributed by atoms with Crippen molar-refractivity contribution in [2.75, 3.05) is 41.9 Å². The van der Waals surface area contributed by atoms with Crippen LogP contribution >= 0.6 is 0 Å². The van der Waals surface area contributed by atoms with Crippen LogP contribution in [0.4, 0.5) is 11.4 Å². The summed E-state index contributed by atoms with van der Waals surface area (Å²) in [5.74, 6) is 1.41. The monoisotopic (exact) mass is 464 g/mol. The van der Waals surface area contributed by atoms with E-state index in [2.05, 4.69) is 22.3 Å². The van der Waals surface area contributed by atoms with E-state index in [0.717, 1.165) is 41.2 Å². The molecule has 1 fully saturated rings. The van der Waals surface area contributed by atoms with Crippen LogP contribution in [0.5, 0.6) is 5.75 Å². The lowest BCUT2D eigenvalue weighted by atomic mass is 10.0. The van der Waals surface area contributed by atoms with Gasteiger partial charge in [-0.15, -0.1) is 0 Å². The first-order chi connectivity index (χ1) is 15.9. The zero-order chi connectivity index (χ0) is 23.8. The van der Waals surface area contributed by atoms with E-state index >= 15 is 0 Å². The van der Waals surface area contributed by atoms with Crippen LogP contribution in [0.3, 0.4) is 0 Å². The van der Waals surface area contributed by atoms with Gasteiger partial charge in [-0.3, -0.25) is 13.8 Å². The van der Waals surface area contributed by atoms with Crippen molar-refractivity contribution in [2.45, 2.75) is 6.92 Å². The number of aromatic hydroxyl groups is 1. The van der Waals surface area contributed by atoms with E-state index in [4.69, 9.17) is 0 Å². The van der Waals surface area contributed by atoms with Crippen molar-refractivity contribution in [3.05, 3.63) is 77.9 Å². The predicted octanol–water partition coefficient (Wildman–Crippen LogP) is 4.37. The molecule has 1 saturated heterocycles. The maximum Gasteiger partial charge on any atom is 0.161 e. The number of aldehydes is 1. The van der Waals surface area contributed by atoms with E-state index < -0.39 is 10.8 Å². The van der Waals surface area contributed by atoms with Gasteiger partial charge in [0.1, 0.15) is 5.75 Å². The molecule has 3 aromatic carbocycles. The summed E-state index contributed by atoms with van der Waals surface area (Å²) in [5.41, 5.74) is 5.06. The molecule has 0 amide bonds. The van der Waals surface area contributed by atoms with E-state index in [0.29, 0.717) is 23.4 Å². The van der Waals surface area contributed by atoms with Crippen molar-refractivity contribution in [3.8, 4) is 16.9 Å². The van der Waals surface area contributed by atoms with Gasteiger partial charge in [-0.25, -0.2) is 0 Å². The van der Waals surface area contributed by atoms with Gasteiger partial charge >= 0.3 is 0 Å². The van der Waals surface area contributed by atoms with Crippen LogP contribution in [-0.4, -0.2) is 53.0 Å². The second-order valence-electron chi connectivity index (χ2n) is 7.63. The Labute approximate surface area is 196 Å². The van der Waals surface area contributed by atoms with E-state index in [-0.39, 0.29) is 11.5 Å². The number of carbonyl (C=O) groups is 2. The number of phenolic OH excluding ortho intramolecular Hbond substituents is 1. The molecule has 1 heterocycles. The standard InChI is InChI=1S/C15H15NO.C11H13NO3S/c1-11(17)14-9-8-13(10-15(14)16-2)12-6-4-3-5-7-12;13-8-9-7-10(1-2-11(9)14)12-3-5-16(15)6-4-12/h3-10,16H,1-2H3;1-2,7-8,14H,3-6H2. The third-order valence-electron chi connectivity index (χ3n) is 5.46. The van der Waals surface area contributed by atoms with Gasteiger partial charge in [0.05, 0.1) is 5.56 Å². The fourth-order valence-corrected chi connectivity index (χ4v) is 4.65. The molecular formula is C26H28N2O4S. The third-order valence-corrected chi connectivity index (χ3v) is 6.73. The molecule has 0 radical (unpaired) electrons. The van der Waals surface area contributed by atoms with E-state index in [1.165, 1.54) is 6.07 Å². The number of carbonyl (C=O) groups excluding carboxylic acids is 2. The highest BCUT2D eigenvalue weighted by molar-refractivity contribution is 7.85. The first-order valence-electron chi connectivity index (χ1n) is 10.7. The molecule has 6 nitrogen and oxygen atoms in total. The van der Waals surface area contributed by atoms with Gasteiger partial charge in [-0.05, 0) is 48.4 Å². The van der Waals surface area contributed by atoms with Crippen LogP contribution in [0.25, 0.3) is 11.1 Å². The summed E-state index contributed by atoms with van der Waals surface area (Å²) in [5, 5.41) is 12.4. The Morgan fingerprint density at radius 2 is 1.70 bits per heavy atom. The maximum atomic E-state index is 11.4. The minimum Gasteiger partial charge on any atom is -0.507 e. The van der Waals surface area contributed by atoms with Crippen LogP contribution in [0.2, 0.25) is 0 Å². The number of hydrogen-bond donors (Lipinski definition) is 2. The highest BCUT2D eigenvalue weighted by atomic mass is 32.2. The minimum atomic E-state index is -0.707. The van der Waals surface area contributed by atoms with Gasteiger partial charge in [0, 0.05) is 59.4 Å². The summed E-state index contributed by atoms with van der Waals surface area (Å²) in [6.45, 7) is 3.05. The molecule has 0 bridgehead atoms. The van der Waals surface area contributed by atoms with Gasteiger partial charge in [0.15, 0.2) is 12.1 Å². The normalized spacial score (nSPS) is 13.6. The van der Waals surface area contributed by atoms with Crippen molar-refractivity contribution in [1.29, 1.82) is 0 Å². The Morgan fingerprint density at radius 3 is 2.30 bits per heavy atom. The molecule has 1 aliphatic heterocycles. The Morgan fingerprint density at radius 1 is 1.00 bits per heavy atom. The molecule has 0 saturated carbocycles. The van der Waals surface area contributed by atoms with Crippen molar-refractivity contribution in [1.82, 2.24) is 0 Å². The smallest absolute Gasteiger partial charge is 0.161 e. The van der Waals surface area contributed by atoms with Crippen molar-refractivity contribution in [3.63, 3.8) is 0 Å². The average Bonchev–Trinajstić information content (AvgIpc) is 2.85. The molecule has 2 N–H and O–H groups in total. The Balaban J connectivity index is 0.000000186. The Bertz CT molecular complexity index is 1140. The molecule has 4 rings (SSSR count). The first kappa shape index (κ1) is 24.2. The van der Waals surface area contributed by atoms with Crippen molar-refractivity contribution in [2.24, 2.45) is 0 Å². The summed E-state index contributed by atoms with van der Waals surface area (Å²) in [6, 6.07) is 20.9. The molecule has 7 heteroatoms. The molecule has 172 valence electrons. The van der Waals surface area contributed by atoms with Crippen LogP contribution in [0.15, 0.2) is 66.7 Å². The SMILES string of the molecule is CNc1cc(-c2ccccc2)ccc1C(C)=O.O=Cc1cc(N2CCS(=O)CC2)ccc1O. The van der Waals surface area contributed by atoms with Crippen LogP contribution in [-0.2, 0) is 10.8 Å². The average molecular weight is 465 g/mol. The number of anilines is 2. The number of Topliss-reactive ketones (excluding diaryl/α,β-unsaturated/α-hetero) is 1. The fraction of sp³-hybridized carbons (Fsp3) is 0.231. The number of phenols is 1. The molecule has 0 aliphatic carbocycles. The Hall–Kier alpha value is -3.45. The predicted molar refractivity (Wildman–Crippen MR) is 135 cm³/mol. The zero-order valence-electron chi connectivity index (χ0n) is 18.8. The quantitative estimate of drug-likeness (QED) is 0.431. The summed E-state index contributed by atoms with van der Waals surface area (Å²) >= 11 is 0. The molecule has 3 aromatic rings. The maximum absolute atomic E-state index is 11.4. The van der Waals surface area contributed by atoms with Crippen LogP contribution < -0.4 is 10.2 Å². The van der Waals surface area contributed by atoms with E-state index in [1.807, 2.05) is 43.4 Å². The third kappa shape index (κ3) is 6.29. The lowest BCUT2D eigenvalue weighted by Gasteiger charge is -2.28. The zero-order valence-corrected chi connectivity index (χ0v) is 19.6. The first-order valence-corrected chi connectivity index (χ1v) is 12.2. The second kappa shape index (κ2) is 11.4. The summed E-state index contributed by atoms with van der Waals surface area (Å²) in [4.78, 5) is 24.2. The summed E-state index contributed by atoms with van der Waals surface area (Å²) in [7, 11) is 1.12. The Kier molecular flexibility index (Phi) is 8.38. The number of rotatable bonds is 5. The lowest BCUT2D eigenvalue weighted by Crippen LogP contribution is -2.37. The highest BCUT2D eigenvalue weighted by Crippen LogP contribution is 2.26. The molecule has 1 aliphatic rings. The molecule has 0 spiro atoms. The van der Waals surface area contributed by atoms with Crippen molar-refractivity contribution >= 4 is 34.2 Å². The van der Waals surface area contributed by atoms with Gasteiger partial charge in [-0.1, -0.05) is 36.4 Å². The number of ketones is 1. The molecule has 0 aromatic heterocycles. The number of nitrogens with one attached hydrogen (secondary N) is 1. The number of nitrogens with zero attached hydrogens (tertiary/aromatic N) is 1. The summed E-state index contributed by atoms with van der Waals surface area (Å²) < 4.78 is 11.2. The lowest BCUT2D eigenvalue weighted by molar-refractivity contribution is 0.101. The van der Waals surface area contributed by atoms with Crippen LogP contribution in [0.1, 0.15) is 27.6 Å². The number of benzene rings is 3. The van der Waals surface area contributed by atoms with E-state index in [1.54, 1.807) is 19.1 Å². The van der Waals surface area contributed by atoms with Crippen molar-refractivity contribution < 1.29 is 18.9 Å². The largest absolute Gasteiger partial charge is 0.507 e. The molecule has 0 atom stereocenters. The molecular weight excluding hydrogens is 436 g/mol. The van der Waals surface area contributed by atoms with Gasteiger partial charge in [-0.2, -0.15) is 0 Å². The second-order valence-corrected chi connectivity index (χ2v) is 9.32. The van der Waals surface area contributed by atoms with Gasteiger partial charge in [0.25, 0.3) is 0 Å². The summed E-state index contributed by atoms with van der Waals surface area (Å²) in [6.07, 6.45) is 0.640. The topological polar surface area (TPSA) is 86.7 Å². The minimum absolute atomic E-state index is 0.000615. The van der Waals surface area contributed by atoms with Gasteiger partial charge < -0.3 is 15.3 Å². The molecule has 0 unspecified atom stereocenters. The highest BCUT2D eigenvalue weighted by Gasteiger charge is 2.16. The molecule has 33 heavy (non-hydrogen) atoms. The van der Waals surface area contributed by atoms with Gasteiger partial charge in [0.2, 0.25) is 0 Å². The van der Waals surface area contributed by atoms with E-state index in [9.17, 15) is 18.9 Å².